The Balaban J connectivity index is 0.000000151. The number of halogens is 1. The average Bonchev–Trinajstić information content (AvgIpc) is 3.95. The first kappa shape index (κ1) is 38.2. The number of aromatic amines is 2. The third-order valence-corrected chi connectivity index (χ3v) is 13.8. The van der Waals surface area contributed by atoms with Crippen LogP contribution in [0.25, 0.3) is 22.1 Å². The van der Waals surface area contributed by atoms with Crippen LogP contribution in [-0.4, -0.2) is 78.4 Å². The lowest BCUT2D eigenvalue weighted by molar-refractivity contribution is -0.0272. The van der Waals surface area contributed by atoms with Gasteiger partial charge in [0.15, 0.2) is 0 Å². The van der Waals surface area contributed by atoms with Crippen molar-refractivity contribution in [3.8, 4) is 0 Å². The molecule has 6 heterocycles. The van der Waals surface area contributed by atoms with E-state index >= 15 is 0 Å². The van der Waals surface area contributed by atoms with Crippen molar-refractivity contribution in [2.75, 3.05) is 5.23 Å². The molecule has 2 aromatic heterocycles. The van der Waals surface area contributed by atoms with Gasteiger partial charge in [-0.25, -0.2) is 19.6 Å². The molecule has 15 heteroatoms. The zero-order valence-corrected chi connectivity index (χ0v) is 33.9. The predicted octanol–water partition coefficient (Wildman–Crippen LogP) is 6.54. The van der Waals surface area contributed by atoms with Gasteiger partial charge in [-0.05, 0) is 148 Å². The second-order valence-corrected chi connectivity index (χ2v) is 18.4. The Labute approximate surface area is 325 Å². The summed E-state index contributed by atoms with van der Waals surface area (Å²) in [6, 6.07) is 13.9. The molecular weight excluding hydrogens is 704 g/mol. The predicted molar refractivity (Wildman–Crippen MR) is 215 cm³/mol. The second kappa shape index (κ2) is 13.2. The molecule has 290 valence electrons. The van der Waals surface area contributed by atoms with Gasteiger partial charge in [0.05, 0.1) is 51.0 Å². The molecule has 2 aromatic carbocycles. The van der Waals surface area contributed by atoms with Gasteiger partial charge in [-0.3, -0.25) is 0 Å². The van der Waals surface area contributed by atoms with Crippen LogP contribution in [0.4, 0.5) is 5.69 Å². The zero-order valence-electron chi connectivity index (χ0n) is 33.1. The molecule has 54 heavy (non-hydrogen) atoms. The molecule has 4 saturated heterocycles. The third-order valence-electron chi connectivity index (χ3n) is 13.8. The van der Waals surface area contributed by atoms with E-state index in [1.165, 1.54) is 37.3 Å². The van der Waals surface area contributed by atoms with Gasteiger partial charge < -0.3 is 34.4 Å². The van der Waals surface area contributed by atoms with Crippen LogP contribution < -0.4 is 16.0 Å². The van der Waals surface area contributed by atoms with Crippen molar-refractivity contribution >= 4 is 59.8 Å². The molecule has 2 aliphatic carbocycles. The first-order valence-electron chi connectivity index (χ1n) is 19.7. The minimum absolute atomic E-state index is 0. The summed E-state index contributed by atoms with van der Waals surface area (Å²) in [4.78, 5) is 31.0. The van der Waals surface area contributed by atoms with E-state index in [4.69, 9.17) is 29.0 Å². The summed E-state index contributed by atoms with van der Waals surface area (Å²) < 4.78 is 12.4. The number of hydrogen-bond acceptors (Lipinski definition) is 10. The number of fused-ring (bicyclic) bond motifs is 6. The third kappa shape index (κ3) is 6.29. The molecule has 12 nitrogen and oxygen atoms in total. The van der Waals surface area contributed by atoms with E-state index in [0.717, 1.165) is 57.2 Å². The van der Waals surface area contributed by atoms with Crippen molar-refractivity contribution in [1.82, 2.24) is 30.1 Å². The fourth-order valence-corrected chi connectivity index (χ4v) is 9.43. The number of nitrogens with one attached hydrogen (secondary N) is 3. The quantitative estimate of drug-likeness (QED) is 0.167. The van der Waals surface area contributed by atoms with E-state index in [0.29, 0.717) is 24.0 Å². The minimum atomic E-state index is -0.450. The molecule has 0 radical (unpaired) electrons. The molecule has 6 fully saturated rings. The summed E-state index contributed by atoms with van der Waals surface area (Å²) in [5, 5.41) is 15.6. The Morgan fingerprint density at radius 1 is 0.759 bits per heavy atom. The van der Waals surface area contributed by atoms with Gasteiger partial charge >= 0.3 is 14.2 Å². The maximum absolute atomic E-state index is 10.3. The lowest BCUT2D eigenvalue weighted by atomic mass is 9.79. The molecule has 4 bridgehead atoms. The SMILES string of the molecule is CB(O)N1[C@@H]2CC[C@@H](C2)[C@H]1c1nc2ccc(B3OC(C)(C)C(C)(C)O3)cc2[nH]1.CC1(C)ON(c2ccc3nc([C@H]4N[C@@H]5CC[C@H]4C5)[nH]c3c2)OC1(C)C.Cl. The number of aromatic nitrogens is 4. The summed E-state index contributed by atoms with van der Waals surface area (Å²) in [5.74, 6) is 3.32. The maximum Gasteiger partial charge on any atom is 0.494 e. The Kier molecular flexibility index (Phi) is 9.33. The van der Waals surface area contributed by atoms with E-state index in [1.54, 1.807) is 0 Å². The zero-order chi connectivity index (χ0) is 37.2. The number of benzene rings is 2. The van der Waals surface area contributed by atoms with Gasteiger partial charge in [0.1, 0.15) is 22.9 Å². The number of nitrogens with zero attached hydrogens (tertiary/aromatic N) is 4. The molecule has 2 saturated carbocycles. The molecule has 0 spiro atoms. The van der Waals surface area contributed by atoms with Crippen LogP contribution in [0.2, 0.25) is 6.82 Å². The highest BCUT2D eigenvalue weighted by atomic mass is 35.5. The number of rotatable bonds is 5. The lowest BCUT2D eigenvalue weighted by Crippen LogP contribution is -2.44. The van der Waals surface area contributed by atoms with E-state index in [9.17, 15) is 5.02 Å². The molecule has 10 rings (SSSR count). The first-order valence-corrected chi connectivity index (χ1v) is 19.7. The van der Waals surface area contributed by atoms with E-state index in [1.807, 2.05) is 58.8 Å². The number of anilines is 1. The van der Waals surface area contributed by atoms with Gasteiger partial charge in [0.25, 0.3) is 0 Å². The summed E-state index contributed by atoms with van der Waals surface area (Å²) in [6.45, 7) is 18.3. The Morgan fingerprint density at radius 2 is 1.37 bits per heavy atom. The minimum Gasteiger partial charge on any atom is -0.437 e. The van der Waals surface area contributed by atoms with E-state index in [2.05, 4.69) is 59.9 Å². The average molecular weight is 760 g/mol. The number of piperidine rings is 2. The van der Waals surface area contributed by atoms with Gasteiger partial charge in [-0.1, -0.05) is 6.07 Å². The molecule has 0 unspecified atom stereocenters. The highest BCUT2D eigenvalue weighted by Crippen LogP contribution is 2.50. The summed E-state index contributed by atoms with van der Waals surface area (Å²) in [5.41, 5.74) is 4.33. The van der Waals surface area contributed by atoms with Crippen LogP contribution in [0.5, 0.6) is 0 Å². The number of H-pyrrole nitrogens is 2. The molecule has 6 aliphatic rings. The Hall–Kier alpha value is -2.68. The van der Waals surface area contributed by atoms with Crippen LogP contribution >= 0.6 is 12.4 Å². The van der Waals surface area contributed by atoms with Gasteiger partial charge in [-0.15, -0.1) is 17.6 Å². The van der Waals surface area contributed by atoms with Crippen LogP contribution in [0, 0.1) is 11.8 Å². The normalized spacial score (nSPS) is 31.4. The van der Waals surface area contributed by atoms with Crippen molar-refractivity contribution in [1.29, 1.82) is 0 Å². The first-order chi connectivity index (χ1) is 25.0. The van der Waals surface area contributed by atoms with Crippen molar-refractivity contribution in [2.24, 2.45) is 11.8 Å². The van der Waals surface area contributed by atoms with E-state index < -0.39 is 18.3 Å². The molecule has 6 atom stereocenters. The largest absolute Gasteiger partial charge is 0.494 e. The van der Waals surface area contributed by atoms with Crippen LogP contribution in [0.3, 0.4) is 0 Å². The second-order valence-electron chi connectivity index (χ2n) is 18.4. The molecule has 4 aliphatic heterocycles. The molecular formula is C39H56B2ClN7O5. The van der Waals surface area contributed by atoms with Gasteiger partial charge in [-0.2, -0.15) is 0 Å². The maximum atomic E-state index is 10.3. The summed E-state index contributed by atoms with van der Waals surface area (Å²) in [6.07, 6.45) is 7.45. The van der Waals surface area contributed by atoms with Crippen LogP contribution in [0.15, 0.2) is 36.4 Å². The summed E-state index contributed by atoms with van der Waals surface area (Å²) in [7, 11) is -0.827. The monoisotopic (exact) mass is 759 g/mol. The fraction of sp³-hybridized carbons (Fsp3) is 0.641. The Morgan fingerprint density at radius 3 is 2.00 bits per heavy atom. The number of hydrogen-bond donors (Lipinski definition) is 4. The Bertz CT molecular complexity index is 2000. The molecule has 0 amide bonds. The van der Waals surface area contributed by atoms with Gasteiger partial charge in [0.2, 0.25) is 0 Å². The van der Waals surface area contributed by atoms with Crippen LogP contribution in [-0.2, 0) is 19.0 Å². The highest BCUT2D eigenvalue weighted by molar-refractivity contribution is 6.62. The molecule has 4 N–H and O–H groups in total. The van der Waals surface area contributed by atoms with E-state index in [-0.39, 0.29) is 36.8 Å². The highest BCUT2D eigenvalue weighted by Gasteiger charge is 2.53. The van der Waals surface area contributed by atoms with Crippen molar-refractivity contribution in [3.63, 3.8) is 0 Å². The van der Waals surface area contributed by atoms with Crippen molar-refractivity contribution < 1.29 is 24.0 Å². The van der Waals surface area contributed by atoms with Crippen LogP contribution in [0.1, 0.15) is 118 Å². The topological polar surface area (TPSA) is 133 Å². The van der Waals surface area contributed by atoms with Crippen molar-refractivity contribution in [3.05, 3.63) is 48.0 Å². The van der Waals surface area contributed by atoms with Gasteiger partial charge in [0, 0.05) is 12.1 Å². The molecule has 4 aromatic rings. The number of imidazole rings is 2. The fourth-order valence-electron chi connectivity index (χ4n) is 9.43. The standard InChI is InChI=1S/C20H29B2N3O3.C19H26N4O2.ClH/c1-19(2)20(3,4)28-22(27-19)13-7-9-15-16(11-13)24-18(23-15)17-12-6-8-14(10-12)25(17)21(5)26;1-18(2)19(3,4)25-23(24-18)13-7-8-14-15(10-13)22-17(21-14)16-11-5-6-12(9-11)20-16;/h7,9,11-12,14,17,26H,6,8,10H2,1-5H3,(H,23,24);7-8,10-12,16,20H,5-6,9H2,1-4H3,(H,21,22);1H/t12-,14+,17-;11-,12+,16-;/m00./s1. The van der Waals surface area contributed by atoms with Crippen molar-refractivity contribution in [2.45, 2.75) is 147 Å². The lowest BCUT2D eigenvalue weighted by Gasteiger charge is -2.34. The summed E-state index contributed by atoms with van der Waals surface area (Å²) >= 11 is 0. The smallest absolute Gasteiger partial charge is 0.437 e.